The van der Waals surface area contributed by atoms with E-state index in [0.29, 0.717) is 12.4 Å². The number of hydrogen-bond donors (Lipinski definition) is 0. The predicted molar refractivity (Wildman–Crippen MR) is 86.5 cm³/mol. The summed E-state index contributed by atoms with van der Waals surface area (Å²) in [4.78, 5) is 4.63. The number of ether oxygens (including phenoxy) is 1. The fraction of sp³-hybridized carbons (Fsp3) is 0.167. The maximum atomic E-state index is 5.80. The van der Waals surface area contributed by atoms with E-state index in [1.165, 1.54) is 0 Å². The molecule has 0 fully saturated rings. The number of para-hydroxylation sites is 1. The molecule has 2 aromatic carbocycles. The van der Waals surface area contributed by atoms with E-state index in [-0.39, 0.29) is 0 Å². The highest BCUT2D eigenvalue weighted by Gasteiger charge is 2.10. The first-order valence-electron chi connectivity index (χ1n) is 7.36. The third-order valence-electron chi connectivity index (χ3n) is 3.22. The summed E-state index contributed by atoms with van der Waals surface area (Å²) >= 11 is 0. The highest BCUT2D eigenvalue weighted by Crippen LogP contribution is 2.29. The highest BCUT2D eigenvalue weighted by molar-refractivity contribution is 5.68. The van der Waals surface area contributed by atoms with Crippen LogP contribution < -0.4 is 4.74 Å². The van der Waals surface area contributed by atoms with Gasteiger partial charge in [-0.05, 0) is 18.6 Å². The molecule has 0 N–H and O–H groups in total. The maximum Gasteiger partial charge on any atom is 0.182 e. The molecular weight excluding hydrogens is 274 g/mol. The second-order valence-corrected chi connectivity index (χ2v) is 4.88. The van der Waals surface area contributed by atoms with Crippen LogP contribution in [0.5, 0.6) is 5.75 Å². The fourth-order valence-corrected chi connectivity index (χ4v) is 2.16. The standard InChI is InChI=1S/C18H17N3O/c1-2-12-22-17-11-7-6-10-15(17)16-13-19-21-18(20-16)14-8-4-3-5-9-14/h3-11,13H,2,12H2,1H3. The summed E-state index contributed by atoms with van der Waals surface area (Å²) in [6.07, 6.45) is 2.63. The molecule has 4 nitrogen and oxygen atoms in total. The van der Waals surface area contributed by atoms with Crippen molar-refractivity contribution in [2.45, 2.75) is 13.3 Å². The summed E-state index contributed by atoms with van der Waals surface area (Å²) in [6.45, 7) is 2.77. The molecule has 0 radical (unpaired) electrons. The molecule has 0 atom stereocenters. The minimum Gasteiger partial charge on any atom is -0.493 e. The molecule has 0 spiro atoms. The maximum absolute atomic E-state index is 5.80. The normalized spacial score (nSPS) is 10.4. The average Bonchev–Trinajstić information content (AvgIpc) is 2.61. The van der Waals surface area contributed by atoms with Gasteiger partial charge in [0.25, 0.3) is 0 Å². The van der Waals surface area contributed by atoms with Crippen molar-refractivity contribution >= 4 is 0 Å². The summed E-state index contributed by atoms with van der Waals surface area (Å²) in [5.41, 5.74) is 2.65. The molecule has 0 saturated carbocycles. The molecular formula is C18H17N3O. The molecule has 3 rings (SSSR count). The van der Waals surface area contributed by atoms with Gasteiger partial charge in [-0.2, -0.15) is 5.10 Å². The number of rotatable bonds is 5. The van der Waals surface area contributed by atoms with Gasteiger partial charge in [-0.3, -0.25) is 0 Å². The SMILES string of the molecule is CCCOc1ccccc1-c1cnnc(-c2ccccc2)n1. The molecule has 0 unspecified atom stereocenters. The van der Waals surface area contributed by atoms with Crippen LogP contribution in [0, 0.1) is 0 Å². The van der Waals surface area contributed by atoms with Crippen LogP contribution in [0.1, 0.15) is 13.3 Å². The Hall–Kier alpha value is -2.75. The average molecular weight is 291 g/mol. The molecule has 0 amide bonds. The first-order valence-corrected chi connectivity index (χ1v) is 7.36. The fourth-order valence-electron chi connectivity index (χ4n) is 2.16. The Labute approximate surface area is 129 Å². The summed E-state index contributed by atoms with van der Waals surface area (Å²) in [6, 6.07) is 17.7. The van der Waals surface area contributed by atoms with E-state index in [1.54, 1.807) is 6.20 Å². The molecule has 0 aliphatic rings. The Bertz CT molecular complexity index is 744. The van der Waals surface area contributed by atoms with Gasteiger partial charge in [0.2, 0.25) is 0 Å². The van der Waals surface area contributed by atoms with Gasteiger partial charge in [0.15, 0.2) is 5.82 Å². The minimum atomic E-state index is 0.614. The van der Waals surface area contributed by atoms with Gasteiger partial charge in [-0.15, -0.1) is 5.10 Å². The molecule has 0 aliphatic carbocycles. The van der Waals surface area contributed by atoms with Gasteiger partial charge in [0.1, 0.15) is 5.75 Å². The van der Waals surface area contributed by atoms with Crippen LogP contribution in [-0.2, 0) is 0 Å². The van der Waals surface area contributed by atoms with Crippen molar-refractivity contribution in [3.63, 3.8) is 0 Å². The van der Waals surface area contributed by atoms with Crippen molar-refractivity contribution in [2.75, 3.05) is 6.61 Å². The number of nitrogens with zero attached hydrogens (tertiary/aromatic N) is 3. The molecule has 3 aromatic rings. The van der Waals surface area contributed by atoms with Gasteiger partial charge >= 0.3 is 0 Å². The van der Waals surface area contributed by atoms with Crippen LogP contribution in [-0.4, -0.2) is 21.8 Å². The van der Waals surface area contributed by atoms with Crippen LogP contribution in [0.25, 0.3) is 22.6 Å². The molecule has 1 aromatic heterocycles. The van der Waals surface area contributed by atoms with Crippen LogP contribution in [0.2, 0.25) is 0 Å². The Morgan fingerprint density at radius 3 is 2.55 bits per heavy atom. The third kappa shape index (κ3) is 3.11. The summed E-state index contributed by atoms with van der Waals surface area (Å²) in [7, 11) is 0. The second kappa shape index (κ2) is 6.80. The second-order valence-electron chi connectivity index (χ2n) is 4.88. The molecule has 22 heavy (non-hydrogen) atoms. The first-order chi connectivity index (χ1) is 10.9. The summed E-state index contributed by atoms with van der Waals surface area (Å²) in [5.74, 6) is 1.44. The van der Waals surface area contributed by atoms with Crippen LogP contribution in [0.3, 0.4) is 0 Å². The summed E-state index contributed by atoms with van der Waals surface area (Å²) < 4.78 is 5.80. The lowest BCUT2D eigenvalue weighted by Gasteiger charge is -2.10. The quantitative estimate of drug-likeness (QED) is 0.713. The zero-order valence-corrected chi connectivity index (χ0v) is 12.4. The van der Waals surface area contributed by atoms with Gasteiger partial charge < -0.3 is 4.74 Å². The highest BCUT2D eigenvalue weighted by atomic mass is 16.5. The van der Waals surface area contributed by atoms with Gasteiger partial charge in [-0.25, -0.2) is 4.98 Å². The van der Waals surface area contributed by atoms with Gasteiger partial charge in [0.05, 0.1) is 18.5 Å². The lowest BCUT2D eigenvalue weighted by Crippen LogP contribution is -1.99. The predicted octanol–water partition coefficient (Wildman–Crippen LogP) is 3.99. The summed E-state index contributed by atoms with van der Waals surface area (Å²) in [5, 5.41) is 8.22. The zero-order chi connectivity index (χ0) is 15.2. The largest absolute Gasteiger partial charge is 0.493 e. The van der Waals surface area contributed by atoms with Crippen molar-refractivity contribution in [2.24, 2.45) is 0 Å². The molecule has 0 bridgehead atoms. The first kappa shape index (κ1) is 14.2. The molecule has 4 heteroatoms. The van der Waals surface area contributed by atoms with Crippen molar-refractivity contribution in [3.8, 4) is 28.4 Å². The molecule has 0 saturated heterocycles. The van der Waals surface area contributed by atoms with E-state index in [2.05, 4.69) is 22.1 Å². The van der Waals surface area contributed by atoms with E-state index in [9.17, 15) is 0 Å². The Kier molecular flexibility index (Phi) is 4.39. The van der Waals surface area contributed by atoms with Crippen LogP contribution in [0.15, 0.2) is 60.8 Å². The van der Waals surface area contributed by atoms with Gasteiger partial charge in [0, 0.05) is 11.1 Å². The Morgan fingerprint density at radius 2 is 1.73 bits per heavy atom. The number of hydrogen-bond acceptors (Lipinski definition) is 4. The smallest absolute Gasteiger partial charge is 0.182 e. The van der Waals surface area contributed by atoms with E-state index in [0.717, 1.165) is 29.0 Å². The lowest BCUT2D eigenvalue weighted by atomic mass is 10.1. The Balaban J connectivity index is 1.99. The van der Waals surface area contributed by atoms with E-state index in [1.807, 2.05) is 54.6 Å². The third-order valence-corrected chi connectivity index (χ3v) is 3.22. The van der Waals surface area contributed by atoms with Crippen molar-refractivity contribution in [1.29, 1.82) is 0 Å². The Morgan fingerprint density at radius 1 is 0.955 bits per heavy atom. The lowest BCUT2D eigenvalue weighted by molar-refractivity contribution is 0.318. The topological polar surface area (TPSA) is 47.9 Å². The van der Waals surface area contributed by atoms with Gasteiger partial charge in [-0.1, -0.05) is 49.4 Å². The van der Waals surface area contributed by atoms with Crippen LogP contribution >= 0.6 is 0 Å². The molecule has 1 heterocycles. The molecule has 0 aliphatic heterocycles. The van der Waals surface area contributed by atoms with Crippen molar-refractivity contribution in [1.82, 2.24) is 15.2 Å². The van der Waals surface area contributed by atoms with E-state index >= 15 is 0 Å². The van der Waals surface area contributed by atoms with Crippen molar-refractivity contribution in [3.05, 3.63) is 60.8 Å². The van der Waals surface area contributed by atoms with E-state index in [4.69, 9.17) is 4.74 Å². The minimum absolute atomic E-state index is 0.614. The molecule has 110 valence electrons. The number of benzene rings is 2. The monoisotopic (exact) mass is 291 g/mol. The van der Waals surface area contributed by atoms with Crippen molar-refractivity contribution < 1.29 is 4.74 Å². The van der Waals surface area contributed by atoms with Crippen LogP contribution in [0.4, 0.5) is 0 Å². The van der Waals surface area contributed by atoms with E-state index < -0.39 is 0 Å². The number of aromatic nitrogens is 3. The zero-order valence-electron chi connectivity index (χ0n) is 12.4.